The Kier molecular flexibility index (Phi) is 3.72. The summed E-state index contributed by atoms with van der Waals surface area (Å²) < 4.78 is 1.10. The summed E-state index contributed by atoms with van der Waals surface area (Å²) in [7, 11) is 0. The van der Waals surface area contributed by atoms with Crippen LogP contribution >= 0.6 is 27.3 Å². The molecule has 1 aromatic rings. The lowest BCUT2D eigenvalue weighted by atomic mass is 9.91. The van der Waals surface area contributed by atoms with E-state index in [1.165, 1.54) is 4.88 Å². The monoisotopic (exact) mass is 275 g/mol. The summed E-state index contributed by atoms with van der Waals surface area (Å²) in [6, 6.07) is 2.10. The van der Waals surface area contributed by atoms with Crippen molar-refractivity contribution in [1.82, 2.24) is 5.32 Å². The van der Waals surface area contributed by atoms with Gasteiger partial charge < -0.3 is 5.32 Å². The number of hydrogen-bond acceptors (Lipinski definition) is 2. The van der Waals surface area contributed by atoms with Gasteiger partial charge in [0.05, 0.1) is 0 Å². The van der Waals surface area contributed by atoms with Crippen LogP contribution in [0, 0.1) is 0 Å². The lowest BCUT2D eigenvalue weighted by Crippen LogP contribution is -2.34. The van der Waals surface area contributed by atoms with Crippen LogP contribution < -0.4 is 5.32 Å². The van der Waals surface area contributed by atoms with Crippen LogP contribution in [0.3, 0.4) is 0 Å². The van der Waals surface area contributed by atoms with E-state index in [0.717, 1.165) is 4.47 Å². The molecule has 0 aliphatic rings. The molecule has 4 heteroatoms. The van der Waals surface area contributed by atoms with Crippen molar-refractivity contribution in [2.45, 2.75) is 26.2 Å². The summed E-state index contributed by atoms with van der Waals surface area (Å²) in [6.07, 6.45) is 0. The van der Waals surface area contributed by atoms with E-state index in [-0.39, 0.29) is 11.3 Å². The number of nitrogens with one attached hydrogen (secondary N) is 1. The molecule has 78 valence electrons. The molecule has 0 saturated heterocycles. The largest absolute Gasteiger partial charge is 0.355 e. The minimum Gasteiger partial charge on any atom is -0.355 e. The first-order valence-electron chi connectivity index (χ1n) is 4.41. The lowest BCUT2D eigenvalue weighted by Gasteiger charge is -2.23. The van der Waals surface area contributed by atoms with Crippen molar-refractivity contribution in [3.63, 3.8) is 0 Å². The molecule has 0 aromatic carbocycles. The molecular formula is C10H14BrNOS. The molecule has 0 spiro atoms. The molecule has 0 unspecified atom stereocenters. The highest BCUT2D eigenvalue weighted by molar-refractivity contribution is 9.10. The summed E-state index contributed by atoms with van der Waals surface area (Å²) in [4.78, 5) is 12.1. The van der Waals surface area contributed by atoms with Gasteiger partial charge in [-0.25, -0.2) is 0 Å². The number of rotatable bonds is 3. The van der Waals surface area contributed by atoms with Gasteiger partial charge in [0.2, 0.25) is 5.91 Å². The van der Waals surface area contributed by atoms with Gasteiger partial charge >= 0.3 is 0 Å². The van der Waals surface area contributed by atoms with Crippen LogP contribution in [-0.2, 0) is 10.2 Å². The molecule has 1 aromatic heterocycles. The van der Waals surface area contributed by atoms with E-state index in [4.69, 9.17) is 0 Å². The number of carbonyl (C=O) groups excluding carboxylic acids is 1. The summed E-state index contributed by atoms with van der Waals surface area (Å²) >= 11 is 5.14. The second-order valence-electron chi connectivity index (χ2n) is 3.92. The fourth-order valence-electron chi connectivity index (χ4n) is 1.10. The van der Waals surface area contributed by atoms with Crippen LogP contribution in [0.2, 0.25) is 0 Å². The molecule has 1 heterocycles. The third-order valence-corrected chi connectivity index (χ3v) is 4.07. The van der Waals surface area contributed by atoms with Gasteiger partial charge in [0, 0.05) is 33.6 Å². The van der Waals surface area contributed by atoms with E-state index in [0.29, 0.717) is 6.54 Å². The first-order valence-corrected chi connectivity index (χ1v) is 6.08. The Morgan fingerprint density at radius 1 is 1.64 bits per heavy atom. The smallest absolute Gasteiger partial charge is 0.216 e. The van der Waals surface area contributed by atoms with E-state index >= 15 is 0 Å². The van der Waals surface area contributed by atoms with Gasteiger partial charge in [-0.1, -0.05) is 13.8 Å². The molecule has 1 N–H and O–H groups in total. The Morgan fingerprint density at radius 2 is 2.29 bits per heavy atom. The third-order valence-electron chi connectivity index (χ3n) is 2.01. The van der Waals surface area contributed by atoms with Gasteiger partial charge in [0.1, 0.15) is 0 Å². The summed E-state index contributed by atoms with van der Waals surface area (Å²) in [5.41, 5.74) is 0.00234. The van der Waals surface area contributed by atoms with Gasteiger partial charge in [-0.2, -0.15) is 0 Å². The number of carbonyl (C=O) groups is 1. The molecule has 0 saturated carbocycles. The number of amides is 1. The van der Waals surface area contributed by atoms with Crippen LogP contribution in [0.5, 0.6) is 0 Å². The van der Waals surface area contributed by atoms with E-state index < -0.39 is 0 Å². The second kappa shape index (κ2) is 4.45. The zero-order chi connectivity index (χ0) is 10.8. The maximum absolute atomic E-state index is 10.8. The molecule has 1 rings (SSSR count). The highest BCUT2D eigenvalue weighted by Crippen LogP contribution is 2.30. The number of halogens is 1. The second-order valence-corrected chi connectivity index (χ2v) is 5.75. The topological polar surface area (TPSA) is 29.1 Å². The van der Waals surface area contributed by atoms with Crippen LogP contribution in [0.15, 0.2) is 15.9 Å². The molecule has 0 aliphatic heterocycles. The Balaban J connectivity index is 2.69. The van der Waals surface area contributed by atoms with Gasteiger partial charge in [-0.05, 0) is 22.0 Å². The molecule has 0 fully saturated rings. The third kappa shape index (κ3) is 3.10. The number of hydrogen-bond donors (Lipinski definition) is 1. The average molecular weight is 276 g/mol. The van der Waals surface area contributed by atoms with Crippen LogP contribution in [0.25, 0.3) is 0 Å². The SMILES string of the molecule is CC(=O)NCC(C)(C)c1cc(Br)cs1. The fourth-order valence-corrected chi connectivity index (χ4v) is 2.66. The molecule has 0 bridgehead atoms. The predicted octanol–water partition coefficient (Wildman–Crippen LogP) is 2.92. The van der Waals surface area contributed by atoms with Crippen molar-refractivity contribution in [2.75, 3.05) is 6.54 Å². The van der Waals surface area contributed by atoms with Crippen molar-refractivity contribution in [2.24, 2.45) is 0 Å². The van der Waals surface area contributed by atoms with E-state index in [9.17, 15) is 4.79 Å². The maximum atomic E-state index is 10.8. The van der Waals surface area contributed by atoms with Crippen LogP contribution in [0.4, 0.5) is 0 Å². The van der Waals surface area contributed by atoms with Gasteiger partial charge in [-0.15, -0.1) is 11.3 Å². The van der Waals surface area contributed by atoms with Crippen molar-refractivity contribution in [3.8, 4) is 0 Å². The molecule has 0 atom stereocenters. The minimum absolute atomic E-state index is 0.00234. The number of thiophene rings is 1. The zero-order valence-corrected chi connectivity index (χ0v) is 11.0. The van der Waals surface area contributed by atoms with E-state index in [1.54, 1.807) is 18.3 Å². The van der Waals surface area contributed by atoms with Crippen molar-refractivity contribution in [1.29, 1.82) is 0 Å². The molecular weight excluding hydrogens is 262 g/mol. The zero-order valence-electron chi connectivity index (χ0n) is 8.56. The fraction of sp³-hybridized carbons (Fsp3) is 0.500. The summed E-state index contributed by atoms with van der Waals surface area (Å²) in [6.45, 7) is 6.47. The van der Waals surface area contributed by atoms with Gasteiger partial charge in [0.25, 0.3) is 0 Å². The first kappa shape index (κ1) is 11.7. The van der Waals surface area contributed by atoms with Crippen LogP contribution in [-0.4, -0.2) is 12.5 Å². The summed E-state index contributed by atoms with van der Waals surface area (Å²) in [5, 5.41) is 4.91. The van der Waals surface area contributed by atoms with E-state index in [2.05, 4.69) is 46.5 Å². The Hall–Kier alpha value is -0.350. The Morgan fingerprint density at radius 3 is 2.71 bits per heavy atom. The normalized spacial score (nSPS) is 11.4. The van der Waals surface area contributed by atoms with Crippen molar-refractivity contribution < 1.29 is 4.79 Å². The van der Waals surface area contributed by atoms with E-state index in [1.807, 2.05) is 0 Å². The standard InChI is InChI=1S/C10H14BrNOS/c1-7(13)12-6-10(2,3)9-4-8(11)5-14-9/h4-5H,6H2,1-3H3,(H,12,13). The lowest BCUT2D eigenvalue weighted by molar-refractivity contribution is -0.119. The maximum Gasteiger partial charge on any atom is 0.216 e. The molecule has 0 aliphatic carbocycles. The minimum atomic E-state index is 0.00234. The predicted molar refractivity (Wildman–Crippen MR) is 63.7 cm³/mol. The molecule has 1 amide bonds. The molecule has 14 heavy (non-hydrogen) atoms. The molecule has 2 nitrogen and oxygen atoms in total. The summed E-state index contributed by atoms with van der Waals surface area (Å²) in [5.74, 6) is 0.0219. The van der Waals surface area contributed by atoms with Crippen molar-refractivity contribution in [3.05, 3.63) is 20.8 Å². The highest BCUT2D eigenvalue weighted by atomic mass is 79.9. The first-order chi connectivity index (χ1) is 6.42. The van der Waals surface area contributed by atoms with Gasteiger partial charge in [0.15, 0.2) is 0 Å². The Labute approximate surface area is 96.8 Å². The van der Waals surface area contributed by atoms with Crippen molar-refractivity contribution >= 4 is 33.2 Å². The average Bonchev–Trinajstić information content (AvgIpc) is 2.49. The van der Waals surface area contributed by atoms with Gasteiger partial charge in [-0.3, -0.25) is 4.79 Å². The van der Waals surface area contributed by atoms with Crippen LogP contribution in [0.1, 0.15) is 25.6 Å². The highest BCUT2D eigenvalue weighted by Gasteiger charge is 2.22. The Bertz CT molecular complexity index is 333. The quantitative estimate of drug-likeness (QED) is 0.903. The molecule has 0 radical (unpaired) electrons.